The van der Waals surface area contributed by atoms with Gasteiger partial charge in [-0.2, -0.15) is 0 Å². The first-order valence-electron chi connectivity index (χ1n) is 6.22. The summed E-state index contributed by atoms with van der Waals surface area (Å²) in [6.07, 6.45) is 3.68. The van der Waals surface area contributed by atoms with Gasteiger partial charge < -0.3 is 9.47 Å². The van der Waals surface area contributed by atoms with E-state index in [1.165, 1.54) is 23.1 Å². The zero-order valence-corrected chi connectivity index (χ0v) is 13.8. The van der Waals surface area contributed by atoms with E-state index < -0.39 is 0 Å². The smallest absolute Gasteiger partial charge is 0.233 e. The van der Waals surface area contributed by atoms with Gasteiger partial charge in [0.2, 0.25) is 5.91 Å². The van der Waals surface area contributed by atoms with E-state index >= 15 is 0 Å². The van der Waals surface area contributed by atoms with Crippen LogP contribution in [0.25, 0.3) is 0 Å². The Morgan fingerprint density at radius 3 is 3.00 bits per heavy atom. The summed E-state index contributed by atoms with van der Waals surface area (Å²) in [5.41, 5.74) is 0. The minimum Gasteiger partial charge on any atom is -0.340 e. The Balaban J connectivity index is 1.85. The summed E-state index contributed by atoms with van der Waals surface area (Å²) in [6.45, 7) is 3.51. The number of thioether (sulfide) groups is 1. The van der Waals surface area contributed by atoms with Crippen LogP contribution in [0.1, 0.15) is 11.8 Å². The van der Waals surface area contributed by atoms with Gasteiger partial charge in [-0.05, 0) is 19.1 Å². The van der Waals surface area contributed by atoms with Crippen molar-refractivity contribution in [1.82, 2.24) is 14.5 Å². The number of halogens is 1. The highest BCUT2D eigenvalue weighted by Crippen LogP contribution is 2.23. The number of hydrogen-bond donors (Lipinski definition) is 0. The summed E-state index contributed by atoms with van der Waals surface area (Å²) in [7, 11) is 1.81. The number of imidazole rings is 1. The lowest BCUT2D eigenvalue weighted by atomic mass is 10.4. The quantitative estimate of drug-likeness (QED) is 0.763. The highest BCUT2D eigenvalue weighted by molar-refractivity contribution is 7.99. The molecule has 20 heavy (non-hydrogen) atoms. The maximum absolute atomic E-state index is 12.1. The Morgan fingerprint density at radius 2 is 2.35 bits per heavy atom. The van der Waals surface area contributed by atoms with E-state index in [9.17, 15) is 4.79 Å². The minimum absolute atomic E-state index is 0.0881. The van der Waals surface area contributed by atoms with Crippen molar-refractivity contribution in [2.45, 2.75) is 25.2 Å². The van der Waals surface area contributed by atoms with Crippen molar-refractivity contribution >= 4 is 40.6 Å². The fourth-order valence-electron chi connectivity index (χ4n) is 1.67. The third-order valence-corrected chi connectivity index (χ3v) is 5.00. The van der Waals surface area contributed by atoms with Crippen LogP contribution in [-0.4, -0.2) is 33.2 Å². The minimum atomic E-state index is 0.0881. The van der Waals surface area contributed by atoms with E-state index in [4.69, 9.17) is 11.6 Å². The van der Waals surface area contributed by atoms with Gasteiger partial charge in [-0.3, -0.25) is 4.79 Å². The summed E-state index contributed by atoms with van der Waals surface area (Å²) in [5, 5.41) is 0.883. The number of hydrogen-bond acceptors (Lipinski definition) is 4. The van der Waals surface area contributed by atoms with Crippen molar-refractivity contribution in [3.8, 4) is 0 Å². The van der Waals surface area contributed by atoms with Crippen molar-refractivity contribution in [3.63, 3.8) is 0 Å². The highest BCUT2D eigenvalue weighted by atomic mass is 35.5. The number of carbonyl (C=O) groups excluding carboxylic acids is 1. The first-order chi connectivity index (χ1) is 9.60. The number of carbonyl (C=O) groups is 1. The predicted molar refractivity (Wildman–Crippen MR) is 84.4 cm³/mol. The van der Waals surface area contributed by atoms with E-state index in [2.05, 4.69) is 11.9 Å². The number of amides is 1. The molecule has 0 N–H and O–H groups in total. The van der Waals surface area contributed by atoms with Gasteiger partial charge in [0.1, 0.15) is 0 Å². The zero-order chi connectivity index (χ0) is 14.5. The second-order valence-electron chi connectivity index (χ2n) is 4.24. The lowest BCUT2D eigenvalue weighted by Gasteiger charge is -2.15. The SMILES string of the molecule is CCn1ccnc1SCC(=O)N(C)Cc1ccc(Cl)s1. The molecule has 2 rings (SSSR count). The lowest BCUT2D eigenvalue weighted by Crippen LogP contribution is -2.27. The molecule has 0 bridgehead atoms. The Kier molecular flexibility index (Phi) is 5.51. The van der Waals surface area contributed by atoms with Gasteiger partial charge in [0.05, 0.1) is 16.6 Å². The zero-order valence-electron chi connectivity index (χ0n) is 11.4. The number of aryl methyl sites for hydroxylation is 1. The molecule has 0 aliphatic rings. The van der Waals surface area contributed by atoms with Gasteiger partial charge in [-0.1, -0.05) is 23.4 Å². The summed E-state index contributed by atoms with van der Waals surface area (Å²) in [6, 6.07) is 3.81. The molecule has 2 heterocycles. The topological polar surface area (TPSA) is 38.1 Å². The molecular formula is C13H16ClN3OS2. The monoisotopic (exact) mass is 329 g/mol. The average molecular weight is 330 g/mol. The standard InChI is InChI=1S/C13H16ClN3OS2/c1-3-17-7-6-15-13(17)19-9-12(18)16(2)8-10-4-5-11(14)20-10/h4-7H,3,8-9H2,1-2H3. The number of aromatic nitrogens is 2. The van der Waals surface area contributed by atoms with Gasteiger partial charge in [0.25, 0.3) is 0 Å². The fourth-order valence-corrected chi connectivity index (χ4v) is 3.78. The maximum Gasteiger partial charge on any atom is 0.233 e. The third kappa shape index (κ3) is 4.01. The van der Waals surface area contributed by atoms with Crippen LogP contribution in [-0.2, 0) is 17.9 Å². The first kappa shape index (κ1) is 15.4. The number of rotatable bonds is 6. The van der Waals surface area contributed by atoms with Gasteiger partial charge in [0, 0.05) is 30.9 Å². The van der Waals surface area contributed by atoms with E-state index in [0.717, 1.165) is 20.9 Å². The molecule has 0 aromatic carbocycles. The van der Waals surface area contributed by atoms with Gasteiger partial charge >= 0.3 is 0 Å². The van der Waals surface area contributed by atoms with E-state index in [1.54, 1.807) is 11.1 Å². The summed E-state index contributed by atoms with van der Waals surface area (Å²) in [5.74, 6) is 0.484. The van der Waals surface area contributed by atoms with Gasteiger partial charge in [0.15, 0.2) is 5.16 Å². The Bertz CT molecular complexity index is 582. The van der Waals surface area contributed by atoms with Crippen molar-refractivity contribution < 1.29 is 4.79 Å². The van der Waals surface area contributed by atoms with Crippen LogP contribution < -0.4 is 0 Å². The lowest BCUT2D eigenvalue weighted by molar-refractivity contribution is -0.127. The molecule has 0 aliphatic heterocycles. The molecule has 0 radical (unpaired) electrons. The van der Waals surface area contributed by atoms with Crippen LogP contribution >= 0.6 is 34.7 Å². The second kappa shape index (κ2) is 7.15. The molecule has 0 saturated heterocycles. The fraction of sp³-hybridized carbons (Fsp3) is 0.385. The van der Waals surface area contributed by atoms with Crippen LogP contribution in [0, 0.1) is 0 Å². The number of thiophene rings is 1. The predicted octanol–water partition coefficient (Wildman–Crippen LogP) is 3.37. The van der Waals surface area contributed by atoms with Crippen molar-refractivity contribution in [2.24, 2.45) is 0 Å². The average Bonchev–Trinajstić information content (AvgIpc) is 3.04. The summed E-state index contributed by atoms with van der Waals surface area (Å²) < 4.78 is 2.77. The van der Waals surface area contributed by atoms with Gasteiger partial charge in [-0.15, -0.1) is 11.3 Å². The molecule has 0 unspecified atom stereocenters. The Hall–Kier alpha value is -0.980. The number of nitrogens with zero attached hydrogens (tertiary/aromatic N) is 3. The van der Waals surface area contributed by atoms with Crippen molar-refractivity contribution in [1.29, 1.82) is 0 Å². The molecule has 1 amide bonds. The van der Waals surface area contributed by atoms with Gasteiger partial charge in [-0.25, -0.2) is 4.98 Å². The van der Waals surface area contributed by atoms with E-state index in [1.807, 2.05) is 29.9 Å². The molecule has 0 aliphatic carbocycles. The second-order valence-corrected chi connectivity index (χ2v) is 6.98. The van der Waals surface area contributed by atoms with Crippen LogP contribution in [0.3, 0.4) is 0 Å². The summed E-state index contributed by atoms with van der Waals surface area (Å²) in [4.78, 5) is 19.1. The van der Waals surface area contributed by atoms with Crippen LogP contribution in [0.15, 0.2) is 29.7 Å². The molecule has 0 saturated carbocycles. The first-order valence-corrected chi connectivity index (χ1v) is 8.40. The molecule has 2 aromatic heterocycles. The maximum atomic E-state index is 12.1. The molecule has 0 fully saturated rings. The molecule has 108 valence electrons. The van der Waals surface area contributed by atoms with E-state index in [-0.39, 0.29) is 5.91 Å². The van der Waals surface area contributed by atoms with Crippen LogP contribution in [0.2, 0.25) is 4.34 Å². The van der Waals surface area contributed by atoms with Crippen LogP contribution in [0.5, 0.6) is 0 Å². The highest BCUT2D eigenvalue weighted by Gasteiger charge is 2.12. The molecule has 0 atom stereocenters. The van der Waals surface area contributed by atoms with Crippen molar-refractivity contribution in [2.75, 3.05) is 12.8 Å². The normalized spacial score (nSPS) is 10.8. The Morgan fingerprint density at radius 1 is 1.55 bits per heavy atom. The summed E-state index contributed by atoms with van der Waals surface area (Å²) >= 11 is 8.86. The molecule has 7 heteroatoms. The molecular weight excluding hydrogens is 314 g/mol. The van der Waals surface area contributed by atoms with E-state index in [0.29, 0.717) is 12.3 Å². The van der Waals surface area contributed by atoms with Crippen molar-refractivity contribution in [3.05, 3.63) is 33.7 Å². The van der Waals surface area contributed by atoms with Crippen LogP contribution in [0.4, 0.5) is 0 Å². The molecule has 0 spiro atoms. The largest absolute Gasteiger partial charge is 0.340 e. The molecule has 4 nitrogen and oxygen atoms in total. The molecule has 2 aromatic rings. The Labute approximate surface area is 131 Å². The third-order valence-electron chi connectivity index (χ3n) is 2.79.